The number of anilines is 1. The van der Waals surface area contributed by atoms with Gasteiger partial charge in [-0.25, -0.2) is 0 Å². The second kappa shape index (κ2) is 6.25. The fourth-order valence-electron chi connectivity index (χ4n) is 1.42. The number of hydrogen-bond acceptors (Lipinski definition) is 2. The summed E-state index contributed by atoms with van der Waals surface area (Å²) in [5.74, 6) is 0. The first-order chi connectivity index (χ1) is 7.27. The van der Waals surface area contributed by atoms with E-state index >= 15 is 0 Å². The Kier molecular flexibility index (Phi) is 4.91. The summed E-state index contributed by atoms with van der Waals surface area (Å²) in [6.45, 7) is 3.69. The molecule has 0 heterocycles. The molecule has 1 rings (SSSR count). The standard InChI is InChI=1S/C13H20N2/c1-3-12-6-8-13(9-7-12)15(2)11-5-4-10-14/h4-9H,3,10-11,14H2,1-2H3. The summed E-state index contributed by atoms with van der Waals surface area (Å²) in [5.41, 5.74) is 8.01. The molecule has 0 aromatic heterocycles. The fourth-order valence-corrected chi connectivity index (χ4v) is 1.42. The second-order valence-electron chi connectivity index (χ2n) is 3.61. The number of nitrogens with zero attached hydrogens (tertiary/aromatic N) is 1. The molecule has 0 aliphatic rings. The highest BCUT2D eigenvalue weighted by atomic mass is 15.1. The van der Waals surface area contributed by atoms with Crippen molar-refractivity contribution in [3.05, 3.63) is 42.0 Å². The zero-order valence-electron chi connectivity index (χ0n) is 9.61. The number of likely N-dealkylation sites (N-methyl/N-ethyl adjacent to an activating group) is 1. The largest absolute Gasteiger partial charge is 0.371 e. The van der Waals surface area contributed by atoms with E-state index in [2.05, 4.69) is 49.2 Å². The van der Waals surface area contributed by atoms with Crippen molar-refractivity contribution in [2.24, 2.45) is 5.73 Å². The first kappa shape index (κ1) is 11.8. The minimum Gasteiger partial charge on any atom is -0.371 e. The van der Waals surface area contributed by atoms with Gasteiger partial charge in [0.2, 0.25) is 0 Å². The van der Waals surface area contributed by atoms with Crippen molar-refractivity contribution in [1.82, 2.24) is 0 Å². The van der Waals surface area contributed by atoms with E-state index in [-0.39, 0.29) is 0 Å². The van der Waals surface area contributed by atoms with Crippen LogP contribution in [0.4, 0.5) is 5.69 Å². The van der Waals surface area contributed by atoms with Crippen molar-refractivity contribution in [2.75, 3.05) is 25.0 Å². The predicted octanol–water partition coefficient (Wildman–Crippen LogP) is 2.20. The summed E-state index contributed by atoms with van der Waals surface area (Å²) in [4.78, 5) is 2.20. The monoisotopic (exact) mass is 204 g/mol. The van der Waals surface area contributed by atoms with E-state index in [1.54, 1.807) is 0 Å². The molecule has 0 saturated carbocycles. The van der Waals surface area contributed by atoms with E-state index in [4.69, 9.17) is 5.73 Å². The van der Waals surface area contributed by atoms with Gasteiger partial charge in [0.05, 0.1) is 0 Å². The smallest absolute Gasteiger partial charge is 0.0366 e. The van der Waals surface area contributed by atoms with Crippen molar-refractivity contribution in [2.45, 2.75) is 13.3 Å². The summed E-state index contributed by atoms with van der Waals surface area (Å²) >= 11 is 0. The minimum atomic E-state index is 0.614. The molecule has 0 bridgehead atoms. The molecule has 15 heavy (non-hydrogen) atoms. The number of benzene rings is 1. The molecule has 0 saturated heterocycles. The third-order valence-electron chi connectivity index (χ3n) is 2.47. The van der Waals surface area contributed by atoms with Crippen molar-refractivity contribution >= 4 is 5.69 Å². The molecule has 0 atom stereocenters. The number of nitrogens with two attached hydrogens (primary N) is 1. The van der Waals surface area contributed by atoms with Crippen LogP contribution in [0.3, 0.4) is 0 Å². The molecule has 0 fully saturated rings. The van der Waals surface area contributed by atoms with Crippen molar-refractivity contribution < 1.29 is 0 Å². The summed E-state index contributed by atoms with van der Waals surface area (Å²) < 4.78 is 0. The molecule has 0 aliphatic heterocycles. The highest BCUT2D eigenvalue weighted by Gasteiger charge is 1.97. The second-order valence-corrected chi connectivity index (χ2v) is 3.61. The Labute approximate surface area is 92.4 Å². The normalized spacial score (nSPS) is 10.9. The topological polar surface area (TPSA) is 29.3 Å². The lowest BCUT2D eigenvalue weighted by Crippen LogP contribution is -2.16. The molecule has 2 nitrogen and oxygen atoms in total. The third-order valence-corrected chi connectivity index (χ3v) is 2.47. The van der Waals surface area contributed by atoms with Crippen LogP contribution in [0.5, 0.6) is 0 Å². The Balaban J connectivity index is 2.57. The van der Waals surface area contributed by atoms with Gasteiger partial charge in [0.1, 0.15) is 0 Å². The molecule has 82 valence electrons. The van der Waals surface area contributed by atoms with Gasteiger partial charge < -0.3 is 10.6 Å². The Morgan fingerprint density at radius 1 is 1.20 bits per heavy atom. The molecular weight excluding hydrogens is 184 g/mol. The molecule has 0 unspecified atom stereocenters. The molecule has 2 heteroatoms. The summed E-state index contributed by atoms with van der Waals surface area (Å²) in [5, 5.41) is 0. The van der Waals surface area contributed by atoms with Crippen LogP contribution >= 0.6 is 0 Å². The molecule has 0 amide bonds. The molecule has 0 spiro atoms. The Bertz CT molecular complexity index is 301. The average molecular weight is 204 g/mol. The third kappa shape index (κ3) is 3.76. The zero-order chi connectivity index (χ0) is 11.1. The van der Waals surface area contributed by atoms with Crippen LogP contribution in [0.2, 0.25) is 0 Å². The lowest BCUT2D eigenvalue weighted by Gasteiger charge is -2.17. The van der Waals surface area contributed by atoms with Crippen LogP contribution < -0.4 is 10.6 Å². The number of rotatable bonds is 5. The van der Waals surface area contributed by atoms with Gasteiger partial charge in [-0.15, -0.1) is 0 Å². The predicted molar refractivity (Wildman–Crippen MR) is 67.3 cm³/mol. The van der Waals surface area contributed by atoms with E-state index in [0.717, 1.165) is 13.0 Å². The summed E-state index contributed by atoms with van der Waals surface area (Å²) in [7, 11) is 2.09. The van der Waals surface area contributed by atoms with Gasteiger partial charge in [0.25, 0.3) is 0 Å². The van der Waals surface area contributed by atoms with E-state index in [9.17, 15) is 0 Å². The van der Waals surface area contributed by atoms with Gasteiger partial charge in [0, 0.05) is 25.8 Å². The lowest BCUT2D eigenvalue weighted by atomic mass is 10.1. The van der Waals surface area contributed by atoms with E-state index < -0.39 is 0 Å². The van der Waals surface area contributed by atoms with E-state index in [1.165, 1.54) is 11.3 Å². The van der Waals surface area contributed by atoms with Crippen molar-refractivity contribution in [1.29, 1.82) is 0 Å². The van der Waals surface area contributed by atoms with Gasteiger partial charge in [0.15, 0.2) is 0 Å². The van der Waals surface area contributed by atoms with Crippen LogP contribution in [0.25, 0.3) is 0 Å². The minimum absolute atomic E-state index is 0.614. The fraction of sp³-hybridized carbons (Fsp3) is 0.385. The maximum Gasteiger partial charge on any atom is 0.0366 e. The highest BCUT2D eigenvalue weighted by molar-refractivity contribution is 5.47. The summed E-state index contributed by atoms with van der Waals surface area (Å²) in [6, 6.07) is 8.68. The van der Waals surface area contributed by atoms with E-state index in [1.807, 2.05) is 6.08 Å². The Morgan fingerprint density at radius 2 is 1.87 bits per heavy atom. The van der Waals surface area contributed by atoms with Gasteiger partial charge in [-0.1, -0.05) is 31.2 Å². The van der Waals surface area contributed by atoms with Crippen molar-refractivity contribution in [3.8, 4) is 0 Å². The van der Waals surface area contributed by atoms with Gasteiger partial charge >= 0.3 is 0 Å². The first-order valence-corrected chi connectivity index (χ1v) is 5.43. The van der Waals surface area contributed by atoms with Crippen LogP contribution in [0.15, 0.2) is 36.4 Å². The van der Waals surface area contributed by atoms with Crippen LogP contribution in [-0.4, -0.2) is 20.1 Å². The first-order valence-electron chi connectivity index (χ1n) is 5.43. The summed E-state index contributed by atoms with van der Waals surface area (Å²) in [6.07, 6.45) is 5.17. The van der Waals surface area contributed by atoms with Gasteiger partial charge in [-0.3, -0.25) is 0 Å². The van der Waals surface area contributed by atoms with Crippen LogP contribution in [0.1, 0.15) is 12.5 Å². The highest BCUT2D eigenvalue weighted by Crippen LogP contribution is 2.13. The van der Waals surface area contributed by atoms with Crippen LogP contribution in [-0.2, 0) is 6.42 Å². The van der Waals surface area contributed by atoms with E-state index in [0.29, 0.717) is 6.54 Å². The SMILES string of the molecule is CCc1ccc(N(C)CC=CCN)cc1. The molecule has 1 aromatic rings. The van der Waals surface area contributed by atoms with Crippen molar-refractivity contribution in [3.63, 3.8) is 0 Å². The Hall–Kier alpha value is -1.28. The maximum atomic E-state index is 5.39. The maximum absolute atomic E-state index is 5.39. The average Bonchev–Trinajstić information content (AvgIpc) is 2.29. The van der Waals surface area contributed by atoms with Crippen LogP contribution in [0, 0.1) is 0 Å². The lowest BCUT2D eigenvalue weighted by molar-refractivity contribution is 1.02. The molecule has 1 aromatic carbocycles. The quantitative estimate of drug-likeness (QED) is 0.745. The Morgan fingerprint density at radius 3 is 2.40 bits per heavy atom. The zero-order valence-corrected chi connectivity index (χ0v) is 9.61. The number of hydrogen-bond donors (Lipinski definition) is 1. The molecule has 0 radical (unpaired) electrons. The number of aryl methyl sites for hydroxylation is 1. The molecule has 2 N–H and O–H groups in total. The molecule has 0 aliphatic carbocycles. The molecular formula is C13H20N2. The van der Waals surface area contributed by atoms with Gasteiger partial charge in [-0.2, -0.15) is 0 Å². The van der Waals surface area contributed by atoms with Gasteiger partial charge in [-0.05, 0) is 24.1 Å².